The van der Waals surface area contributed by atoms with Gasteiger partial charge < -0.3 is 10.1 Å². The number of aromatic nitrogens is 6. The molecule has 158 valence electrons. The van der Waals surface area contributed by atoms with Gasteiger partial charge in [-0.2, -0.15) is 10.1 Å². The smallest absolute Gasteiger partial charge is 0.337 e. The number of carbonyl (C=O) groups excluding carboxylic acids is 1. The van der Waals surface area contributed by atoms with Gasteiger partial charge in [0.25, 0.3) is 0 Å². The third-order valence-corrected chi connectivity index (χ3v) is 4.92. The Morgan fingerprint density at radius 3 is 2.75 bits per heavy atom. The second-order valence-electron chi connectivity index (χ2n) is 7.07. The molecule has 0 saturated carbocycles. The highest BCUT2D eigenvalue weighted by molar-refractivity contribution is 5.89. The monoisotopic (exact) mass is 425 g/mol. The highest BCUT2D eigenvalue weighted by atomic mass is 16.5. The molecule has 0 bridgehead atoms. The lowest BCUT2D eigenvalue weighted by atomic mass is 10.1. The fraction of sp³-hybridized carbons (Fsp3) is 0.0870. The number of benzene rings is 1. The number of carbonyl (C=O) groups is 1. The van der Waals surface area contributed by atoms with Gasteiger partial charge in [0.05, 0.1) is 31.1 Å². The van der Waals surface area contributed by atoms with Crippen molar-refractivity contribution >= 4 is 23.3 Å². The SMILES string of the molecule is COC(=O)c1ccc(Nc2nc3c(-c4cnn(Cc5ccccn5)c4)cccn3n2)cc1. The van der Waals surface area contributed by atoms with Gasteiger partial charge in [0.1, 0.15) is 0 Å². The molecule has 5 rings (SSSR count). The number of pyridine rings is 2. The Kier molecular flexibility index (Phi) is 5.04. The number of hydrogen-bond donors (Lipinski definition) is 1. The molecule has 1 aromatic carbocycles. The summed E-state index contributed by atoms with van der Waals surface area (Å²) in [5.74, 6) is 0.0692. The fourth-order valence-corrected chi connectivity index (χ4v) is 3.37. The van der Waals surface area contributed by atoms with E-state index in [0.717, 1.165) is 22.5 Å². The van der Waals surface area contributed by atoms with Crippen molar-refractivity contribution < 1.29 is 9.53 Å². The molecule has 0 aliphatic heterocycles. The molecule has 5 aromatic rings. The van der Waals surface area contributed by atoms with Crippen LogP contribution >= 0.6 is 0 Å². The van der Waals surface area contributed by atoms with E-state index in [-0.39, 0.29) is 5.97 Å². The Morgan fingerprint density at radius 2 is 1.97 bits per heavy atom. The summed E-state index contributed by atoms with van der Waals surface area (Å²) in [4.78, 5) is 20.6. The first kappa shape index (κ1) is 19.4. The van der Waals surface area contributed by atoms with Crippen molar-refractivity contribution in [2.24, 2.45) is 0 Å². The average molecular weight is 425 g/mol. The van der Waals surface area contributed by atoms with Crippen LogP contribution in [-0.4, -0.2) is 42.4 Å². The summed E-state index contributed by atoms with van der Waals surface area (Å²) in [7, 11) is 1.36. The number of fused-ring (bicyclic) bond motifs is 1. The van der Waals surface area contributed by atoms with Crippen LogP contribution in [0.1, 0.15) is 16.1 Å². The van der Waals surface area contributed by atoms with E-state index >= 15 is 0 Å². The lowest BCUT2D eigenvalue weighted by Crippen LogP contribution is -2.01. The summed E-state index contributed by atoms with van der Waals surface area (Å²) in [5, 5.41) is 12.1. The van der Waals surface area contributed by atoms with Crippen LogP contribution in [0.25, 0.3) is 16.8 Å². The Bertz CT molecular complexity index is 1370. The lowest BCUT2D eigenvalue weighted by molar-refractivity contribution is 0.0601. The zero-order chi connectivity index (χ0) is 21.9. The summed E-state index contributed by atoms with van der Waals surface area (Å²) in [6, 6.07) is 16.7. The Balaban J connectivity index is 1.40. The van der Waals surface area contributed by atoms with Gasteiger partial charge in [-0.3, -0.25) is 9.67 Å². The number of nitrogens with one attached hydrogen (secondary N) is 1. The molecule has 9 nitrogen and oxygen atoms in total. The van der Waals surface area contributed by atoms with Crippen LogP contribution in [0.15, 0.2) is 79.4 Å². The largest absolute Gasteiger partial charge is 0.465 e. The molecule has 0 atom stereocenters. The zero-order valence-corrected chi connectivity index (χ0v) is 17.2. The highest BCUT2D eigenvalue weighted by Crippen LogP contribution is 2.25. The molecule has 0 aliphatic carbocycles. The molecular weight excluding hydrogens is 406 g/mol. The number of hydrogen-bond acceptors (Lipinski definition) is 7. The molecule has 0 amide bonds. The van der Waals surface area contributed by atoms with Crippen molar-refractivity contribution in [1.29, 1.82) is 0 Å². The van der Waals surface area contributed by atoms with E-state index in [1.165, 1.54) is 7.11 Å². The van der Waals surface area contributed by atoms with Gasteiger partial charge in [-0.25, -0.2) is 9.31 Å². The predicted octanol–water partition coefficient (Wildman–Crippen LogP) is 3.57. The molecule has 0 spiro atoms. The number of rotatable bonds is 6. The third-order valence-electron chi connectivity index (χ3n) is 4.92. The van der Waals surface area contributed by atoms with E-state index < -0.39 is 0 Å². The van der Waals surface area contributed by atoms with Crippen LogP contribution in [0, 0.1) is 0 Å². The molecule has 9 heteroatoms. The molecule has 4 heterocycles. The van der Waals surface area contributed by atoms with E-state index in [1.807, 2.05) is 53.6 Å². The number of ether oxygens (including phenoxy) is 1. The third kappa shape index (κ3) is 3.91. The molecule has 0 unspecified atom stereocenters. The van der Waals surface area contributed by atoms with Crippen molar-refractivity contribution in [2.45, 2.75) is 6.54 Å². The van der Waals surface area contributed by atoms with E-state index in [1.54, 1.807) is 35.0 Å². The van der Waals surface area contributed by atoms with E-state index in [4.69, 9.17) is 4.74 Å². The summed E-state index contributed by atoms with van der Waals surface area (Å²) >= 11 is 0. The van der Waals surface area contributed by atoms with Gasteiger partial charge in [0.2, 0.25) is 5.95 Å². The van der Waals surface area contributed by atoms with Gasteiger partial charge in [0, 0.05) is 35.4 Å². The lowest BCUT2D eigenvalue weighted by Gasteiger charge is -2.03. The van der Waals surface area contributed by atoms with Crippen LogP contribution in [-0.2, 0) is 11.3 Å². The molecule has 0 saturated heterocycles. The minimum atomic E-state index is -0.379. The van der Waals surface area contributed by atoms with E-state index in [0.29, 0.717) is 23.7 Å². The zero-order valence-electron chi connectivity index (χ0n) is 17.2. The quantitative estimate of drug-likeness (QED) is 0.415. The van der Waals surface area contributed by atoms with Gasteiger partial charge >= 0.3 is 5.97 Å². The van der Waals surface area contributed by atoms with Crippen LogP contribution < -0.4 is 5.32 Å². The number of nitrogens with zero attached hydrogens (tertiary/aromatic N) is 6. The standard InChI is InChI=1S/C23H19N7O2/c1-32-22(31)16-7-9-18(10-8-16)26-23-27-21-20(6-4-12-30(21)28-23)17-13-25-29(14-17)15-19-5-2-3-11-24-19/h2-14H,15H2,1H3,(H,26,28). The van der Waals surface area contributed by atoms with E-state index in [9.17, 15) is 4.79 Å². The van der Waals surface area contributed by atoms with Crippen LogP contribution in [0.2, 0.25) is 0 Å². The molecule has 0 aliphatic rings. The van der Waals surface area contributed by atoms with Crippen molar-refractivity contribution in [3.05, 3.63) is 90.6 Å². The van der Waals surface area contributed by atoms with Gasteiger partial charge in [-0.1, -0.05) is 6.07 Å². The second kappa shape index (κ2) is 8.31. The van der Waals surface area contributed by atoms with Crippen molar-refractivity contribution in [2.75, 3.05) is 12.4 Å². The Hall–Kier alpha value is -4.53. The first-order valence-corrected chi connectivity index (χ1v) is 9.93. The Morgan fingerprint density at radius 1 is 1.09 bits per heavy atom. The first-order chi connectivity index (χ1) is 15.7. The van der Waals surface area contributed by atoms with Gasteiger partial charge in [-0.05, 0) is 48.5 Å². The number of methoxy groups -OCH3 is 1. The van der Waals surface area contributed by atoms with Gasteiger partial charge in [0.15, 0.2) is 5.65 Å². The van der Waals surface area contributed by atoms with Crippen LogP contribution in [0.4, 0.5) is 11.6 Å². The number of anilines is 2. The second-order valence-corrected chi connectivity index (χ2v) is 7.07. The van der Waals surface area contributed by atoms with Crippen molar-refractivity contribution in [3.8, 4) is 11.1 Å². The van der Waals surface area contributed by atoms with E-state index in [2.05, 4.69) is 25.5 Å². The topological polar surface area (TPSA) is 99.2 Å². The summed E-state index contributed by atoms with van der Waals surface area (Å²) in [5.41, 5.74) is 4.74. The summed E-state index contributed by atoms with van der Waals surface area (Å²) in [6.07, 6.45) is 7.40. The molecular formula is C23H19N7O2. The van der Waals surface area contributed by atoms with Crippen molar-refractivity contribution in [1.82, 2.24) is 29.4 Å². The molecule has 4 aromatic heterocycles. The van der Waals surface area contributed by atoms with Crippen LogP contribution in [0.3, 0.4) is 0 Å². The van der Waals surface area contributed by atoms with Gasteiger partial charge in [-0.15, -0.1) is 5.10 Å². The summed E-state index contributed by atoms with van der Waals surface area (Å²) in [6.45, 7) is 0.588. The summed E-state index contributed by atoms with van der Waals surface area (Å²) < 4.78 is 8.29. The minimum absolute atomic E-state index is 0.379. The minimum Gasteiger partial charge on any atom is -0.465 e. The number of esters is 1. The van der Waals surface area contributed by atoms with Crippen molar-refractivity contribution in [3.63, 3.8) is 0 Å². The Labute approximate surface area is 183 Å². The maximum atomic E-state index is 11.6. The highest BCUT2D eigenvalue weighted by Gasteiger charge is 2.12. The molecule has 32 heavy (non-hydrogen) atoms. The first-order valence-electron chi connectivity index (χ1n) is 9.93. The molecule has 0 radical (unpaired) electrons. The molecule has 1 N–H and O–H groups in total. The average Bonchev–Trinajstić information content (AvgIpc) is 3.46. The predicted molar refractivity (Wildman–Crippen MR) is 119 cm³/mol. The molecule has 0 fully saturated rings. The maximum Gasteiger partial charge on any atom is 0.337 e. The maximum absolute atomic E-state index is 11.6. The normalized spacial score (nSPS) is 10.9. The van der Waals surface area contributed by atoms with Crippen LogP contribution in [0.5, 0.6) is 0 Å². The fourth-order valence-electron chi connectivity index (χ4n) is 3.37.